The van der Waals surface area contributed by atoms with E-state index < -0.39 is 11.6 Å². The van der Waals surface area contributed by atoms with Gasteiger partial charge in [-0.05, 0) is 24.3 Å². The molecule has 0 spiro atoms. The van der Waals surface area contributed by atoms with Gasteiger partial charge in [-0.2, -0.15) is 0 Å². The van der Waals surface area contributed by atoms with Crippen molar-refractivity contribution < 1.29 is 19.8 Å². The quantitative estimate of drug-likeness (QED) is 0.540. The van der Waals surface area contributed by atoms with E-state index in [0.717, 1.165) is 0 Å². The van der Waals surface area contributed by atoms with Crippen molar-refractivity contribution in [2.75, 3.05) is 24.7 Å². The van der Waals surface area contributed by atoms with Gasteiger partial charge in [0, 0.05) is 25.5 Å². The second-order valence-electron chi connectivity index (χ2n) is 4.92. The molecule has 0 saturated carbocycles. The van der Waals surface area contributed by atoms with Gasteiger partial charge in [0.15, 0.2) is 0 Å². The van der Waals surface area contributed by atoms with E-state index in [0.29, 0.717) is 11.4 Å². The van der Waals surface area contributed by atoms with Crippen LogP contribution < -0.4 is 10.6 Å². The lowest BCUT2D eigenvalue weighted by Crippen LogP contribution is -2.24. The number of hydrogen-bond acceptors (Lipinski definition) is 6. The standard InChI is InChI=1S/C16H14N2O4/c1-17-7-3-4-8(18-2)12-11(7)15(21)13-9(19)5-6-10(20)14(13)16(12)22/h3-6,17-20H,1-2H3. The number of aromatic hydroxyl groups is 2. The third-order valence-electron chi connectivity index (χ3n) is 3.81. The molecule has 0 atom stereocenters. The highest BCUT2D eigenvalue weighted by molar-refractivity contribution is 6.33. The Kier molecular flexibility index (Phi) is 3.02. The number of hydrogen-bond donors (Lipinski definition) is 4. The Bertz CT molecular complexity index is 759. The first-order chi connectivity index (χ1) is 10.5. The molecule has 6 heteroatoms. The SMILES string of the molecule is CNc1ccc(NC)c2c1C(=O)c1c(O)ccc(O)c1C2=O. The van der Waals surface area contributed by atoms with E-state index in [2.05, 4.69) is 10.6 Å². The van der Waals surface area contributed by atoms with Gasteiger partial charge >= 0.3 is 0 Å². The van der Waals surface area contributed by atoms with E-state index in [1.807, 2.05) is 0 Å². The summed E-state index contributed by atoms with van der Waals surface area (Å²) in [6, 6.07) is 5.76. The van der Waals surface area contributed by atoms with Gasteiger partial charge in [-0.25, -0.2) is 0 Å². The zero-order valence-corrected chi connectivity index (χ0v) is 12.0. The largest absolute Gasteiger partial charge is 0.507 e. The normalized spacial score (nSPS) is 12.6. The van der Waals surface area contributed by atoms with Gasteiger partial charge in [0.05, 0.1) is 22.3 Å². The molecular weight excluding hydrogens is 284 g/mol. The summed E-state index contributed by atoms with van der Waals surface area (Å²) < 4.78 is 0. The number of nitrogens with one attached hydrogen (secondary N) is 2. The van der Waals surface area contributed by atoms with Gasteiger partial charge in [-0.3, -0.25) is 9.59 Å². The first kappa shape index (κ1) is 13.9. The zero-order chi connectivity index (χ0) is 16.0. The molecule has 112 valence electrons. The first-order valence-electron chi connectivity index (χ1n) is 6.68. The van der Waals surface area contributed by atoms with Crippen LogP contribution in [0.1, 0.15) is 31.8 Å². The van der Waals surface area contributed by atoms with Crippen LogP contribution in [0.15, 0.2) is 24.3 Å². The summed E-state index contributed by atoms with van der Waals surface area (Å²) in [7, 11) is 3.29. The van der Waals surface area contributed by atoms with E-state index in [1.54, 1.807) is 26.2 Å². The monoisotopic (exact) mass is 298 g/mol. The summed E-state index contributed by atoms with van der Waals surface area (Å²) in [4.78, 5) is 25.6. The number of carbonyl (C=O) groups is 2. The van der Waals surface area contributed by atoms with Crippen LogP contribution in [-0.4, -0.2) is 35.9 Å². The van der Waals surface area contributed by atoms with Crippen molar-refractivity contribution in [3.8, 4) is 11.5 Å². The maximum Gasteiger partial charge on any atom is 0.200 e. The van der Waals surface area contributed by atoms with Crippen molar-refractivity contribution in [2.45, 2.75) is 0 Å². The minimum atomic E-state index is -0.501. The lowest BCUT2D eigenvalue weighted by atomic mass is 9.81. The fraction of sp³-hybridized carbons (Fsp3) is 0.125. The smallest absolute Gasteiger partial charge is 0.200 e. The number of carbonyl (C=O) groups excluding carboxylic acids is 2. The molecule has 2 aromatic rings. The topological polar surface area (TPSA) is 98.7 Å². The zero-order valence-electron chi connectivity index (χ0n) is 12.0. The van der Waals surface area contributed by atoms with E-state index in [-0.39, 0.29) is 33.8 Å². The highest BCUT2D eigenvalue weighted by Gasteiger charge is 2.37. The van der Waals surface area contributed by atoms with Crippen LogP contribution in [-0.2, 0) is 0 Å². The third kappa shape index (κ3) is 1.67. The third-order valence-corrected chi connectivity index (χ3v) is 3.81. The predicted octanol–water partition coefficient (Wildman–Crippen LogP) is 1.96. The molecule has 1 aliphatic carbocycles. The predicted molar refractivity (Wildman–Crippen MR) is 82.2 cm³/mol. The summed E-state index contributed by atoms with van der Waals surface area (Å²) in [5, 5.41) is 25.7. The molecule has 3 rings (SSSR count). The van der Waals surface area contributed by atoms with Crippen molar-refractivity contribution >= 4 is 22.9 Å². The van der Waals surface area contributed by atoms with E-state index in [1.165, 1.54) is 12.1 Å². The number of phenols is 2. The number of phenolic OH excluding ortho intramolecular Hbond substituents is 2. The van der Waals surface area contributed by atoms with Gasteiger partial charge in [0.1, 0.15) is 11.5 Å². The Hall–Kier alpha value is -3.02. The maximum atomic E-state index is 12.8. The molecule has 4 N–H and O–H groups in total. The molecular formula is C16H14N2O4. The second-order valence-corrected chi connectivity index (χ2v) is 4.92. The molecule has 0 fully saturated rings. The average Bonchev–Trinajstić information content (AvgIpc) is 2.53. The summed E-state index contributed by atoms with van der Waals surface area (Å²) in [5.41, 5.74) is 1.02. The Morgan fingerprint density at radius 1 is 0.682 bits per heavy atom. The number of anilines is 2. The van der Waals surface area contributed by atoms with Crippen molar-refractivity contribution in [3.05, 3.63) is 46.5 Å². The lowest BCUT2D eigenvalue weighted by molar-refractivity contribution is 0.0975. The molecule has 1 aliphatic rings. The Balaban J connectivity index is 2.43. The molecule has 0 amide bonds. The highest BCUT2D eigenvalue weighted by Crippen LogP contribution is 2.42. The van der Waals surface area contributed by atoms with Crippen molar-refractivity contribution in [3.63, 3.8) is 0 Å². The summed E-state index contributed by atoms with van der Waals surface area (Å²) in [6.07, 6.45) is 0. The molecule has 0 aromatic heterocycles. The van der Waals surface area contributed by atoms with Crippen LogP contribution >= 0.6 is 0 Å². The fourth-order valence-electron chi connectivity index (χ4n) is 2.78. The molecule has 0 heterocycles. The van der Waals surface area contributed by atoms with Gasteiger partial charge in [-0.15, -0.1) is 0 Å². The number of benzene rings is 2. The number of rotatable bonds is 2. The molecule has 6 nitrogen and oxygen atoms in total. The first-order valence-corrected chi connectivity index (χ1v) is 6.68. The van der Waals surface area contributed by atoms with E-state index >= 15 is 0 Å². The molecule has 0 saturated heterocycles. The minimum Gasteiger partial charge on any atom is -0.507 e. The van der Waals surface area contributed by atoms with Crippen LogP contribution in [0.5, 0.6) is 11.5 Å². The highest BCUT2D eigenvalue weighted by atomic mass is 16.3. The van der Waals surface area contributed by atoms with Crippen molar-refractivity contribution in [2.24, 2.45) is 0 Å². The molecule has 0 aliphatic heterocycles. The Morgan fingerprint density at radius 3 is 1.36 bits per heavy atom. The molecule has 22 heavy (non-hydrogen) atoms. The average molecular weight is 298 g/mol. The van der Waals surface area contributed by atoms with Crippen LogP contribution in [0.3, 0.4) is 0 Å². The van der Waals surface area contributed by atoms with Crippen molar-refractivity contribution in [1.82, 2.24) is 0 Å². The van der Waals surface area contributed by atoms with Crippen molar-refractivity contribution in [1.29, 1.82) is 0 Å². The molecule has 0 unspecified atom stereocenters. The molecule has 2 aromatic carbocycles. The van der Waals surface area contributed by atoms with Gasteiger partial charge in [-0.1, -0.05) is 0 Å². The Labute approximate surface area is 126 Å². The van der Waals surface area contributed by atoms with Crippen LogP contribution in [0.4, 0.5) is 11.4 Å². The second kappa shape index (κ2) is 4.77. The summed E-state index contributed by atoms with van der Waals surface area (Å²) in [5.74, 6) is -1.65. The van der Waals surface area contributed by atoms with Crippen LogP contribution in [0.2, 0.25) is 0 Å². The summed E-state index contributed by atoms with van der Waals surface area (Å²) >= 11 is 0. The fourth-order valence-corrected chi connectivity index (χ4v) is 2.78. The molecule has 0 radical (unpaired) electrons. The van der Waals surface area contributed by atoms with E-state index in [4.69, 9.17) is 0 Å². The number of ketones is 2. The van der Waals surface area contributed by atoms with Crippen LogP contribution in [0.25, 0.3) is 0 Å². The molecule has 0 bridgehead atoms. The van der Waals surface area contributed by atoms with E-state index in [9.17, 15) is 19.8 Å². The van der Waals surface area contributed by atoms with Crippen LogP contribution in [0, 0.1) is 0 Å². The number of fused-ring (bicyclic) bond motifs is 2. The van der Waals surface area contributed by atoms with Gasteiger partial charge < -0.3 is 20.8 Å². The van der Waals surface area contributed by atoms with Gasteiger partial charge in [0.2, 0.25) is 11.6 Å². The van der Waals surface area contributed by atoms with Gasteiger partial charge in [0.25, 0.3) is 0 Å². The Morgan fingerprint density at radius 2 is 1.05 bits per heavy atom. The summed E-state index contributed by atoms with van der Waals surface area (Å²) in [6.45, 7) is 0. The maximum absolute atomic E-state index is 12.8. The lowest BCUT2D eigenvalue weighted by Gasteiger charge is -2.23. The minimum absolute atomic E-state index is 0.165.